The van der Waals surface area contributed by atoms with Crippen LogP contribution in [0.25, 0.3) is 10.9 Å². The van der Waals surface area contributed by atoms with E-state index < -0.39 is 23.5 Å². The normalized spacial score (nSPS) is 11.6. The molecule has 0 unspecified atom stereocenters. The molecule has 2 N–H and O–H groups in total. The number of alkyl halides is 3. The predicted molar refractivity (Wildman–Crippen MR) is 125 cm³/mol. The second kappa shape index (κ2) is 9.32. The zero-order valence-corrected chi connectivity index (χ0v) is 19.0. The molecule has 180 valence electrons. The Labute approximate surface area is 199 Å². The van der Waals surface area contributed by atoms with Gasteiger partial charge < -0.3 is 10.6 Å². The predicted octanol–water partition coefficient (Wildman–Crippen LogP) is 5.83. The van der Waals surface area contributed by atoms with Gasteiger partial charge in [0.15, 0.2) is 0 Å². The molecule has 0 atom stereocenters. The summed E-state index contributed by atoms with van der Waals surface area (Å²) in [6.45, 7) is 3.15. The number of benzene rings is 2. The number of rotatable bonds is 5. The number of nitrogens with two attached hydrogens (primary N) is 1. The fourth-order valence-electron chi connectivity index (χ4n) is 3.78. The van der Waals surface area contributed by atoms with E-state index in [1.54, 1.807) is 32.0 Å². The van der Waals surface area contributed by atoms with E-state index in [0.717, 1.165) is 17.7 Å². The number of halogens is 4. The number of nitrogens with zero attached hydrogens (tertiary/aromatic N) is 3. The first-order valence-electron chi connectivity index (χ1n) is 10.7. The lowest BCUT2D eigenvalue weighted by Crippen LogP contribution is -2.31. The average molecular weight is 482 g/mol. The van der Waals surface area contributed by atoms with Gasteiger partial charge in [0.05, 0.1) is 23.3 Å². The maximum atomic E-state index is 14.4. The number of fused-ring (bicyclic) bond motifs is 1. The zero-order chi connectivity index (χ0) is 25.3. The van der Waals surface area contributed by atoms with E-state index in [0.29, 0.717) is 33.4 Å². The molecule has 0 aliphatic rings. The number of amides is 1. The SMILES string of the molecule is Cc1cc(C(F)(F)F)ccc1CN(Cc1ncccc1F)C(=O)c1ccc2nc(N)c(C)cc2c1. The minimum atomic E-state index is -4.48. The number of aryl methyl sites for hydroxylation is 2. The van der Waals surface area contributed by atoms with Crippen molar-refractivity contribution in [1.82, 2.24) is 14.9 Å². The molecule has 2 aromatic heterocycles. The quantitative estimate of drug-likeness (QED) is 0.364. The molecule has 2 heterocycles. The second-order valence-electron chi connectivity index (χ2n) is 8.33. The third-order valence-corrected chi connectivity index (χ3v) is 5.79. The van der Waals surface area contributed by atoms with E-state index in [-0.39, 0.29) is 18.8 Å². The first kappa shape index (κ1) is 24.1. The molecule has 35 heavy (non-hydrogen) atoms. The lowest BCUT2D eigenvalue weighted by Gasteiger charge is -2.24. The van der Waals surface area contributed by atoms with Crippen molar-refractivity contribution < 1.29 is 22.4 Å². The topological polar surface area (TPSA) is 72.1 Å². The van der Waals surface area contributed by atoms with Gasteiger partial charge in [-0.15, -0.1) is 0 Å². The van der Waals surface area contributed by atoms with E-state index in [1.807, 2.05) is 6.07 Å². The Hall–Kier alpha value is -4.01. The molecule has 4 rings (SSSR count). The molecule has 0 radical (unpaired) electrons. The van der Waals surface area contributed by atoms with Gasteiger partial charge in [-0.25, -0.2) is 9.37 Å². The van der Waals surface area contributed by atoms with Crippen LogP contribution in [-0.2, 0) is 19.3 Å². The lowest BCUT2D eigenvalue weighted by molar-refractivity contribution is -0.137. The van der Waals surface area contributed by atoms with Gasteiger partial charge >= 0.3 is 6.18 Å². The maximum absolute atomic E-state index is 14.4. The smallest absolute Gasteiger partial charge is 0.383 e. The molecule has 9 heteroatoms. The van der Waals surface area contributed by atoms with Gasteiger partial charge in [0.1, 0.15) is 11.6 Å². The number of carbonyl (C=O) groups excluding carboxylic acids is 1. The largest absolute Gasteiger partial charge is 0.416 e. The number of pyridine rings is 2. The van der Waals surface area contributed by atoms with Crippen molar-refractivity contribution in [3.8, 4) is 0 Å². The molecular weight excluding hydrogens is 460 g/mol. The van der Waals surface area contributed by atoms with Crippen LogP contribution < -0.4 is 5.73 Å². The van der Waals surface area contributed by atoms with Crippen molar-refractivity contribution in [3.63, 3.8) is 0 Å². The number of aromatic nitrogens is 2. The van der Waals surface area contributed by atoms with Gasteiger partial charge in [-0.1, -0.05) is 6.07 Å². The van der Waals surface area contributed by atoms with Gasteiger partial charge in [-0.3, -0.25) is 9.78 Å². The van der Waals surface area contributed by atoms with E-state index in [9.17, 15) is 22.4 Å². The summed E-state index contributed by atoms with van der Waals surface area (Å²) in [7, 11) is 0. The van der Waals surface area contributed by atoms with Gasteiger partial charge in [-0.05, 0) is 79.1 Å². The summed E-state index contributed by atoms with van der Waals surface area (Å²) in [5.74, 6) is -0.615. The molecule has 2 aromatic carbocycles. The van der Waals surface area contributed by atoms with Crippen LogP contribution in [-0.4, -0.2) is 20.8 Å². The van der Waals surface area contributed by atoms with Crippen LogP contribution in [0, 0.1) is 19.7 Å². The maximum Gasteiger partial charge on any atom is 0.416 e. The molecule has 0 spiro atoms. The number of nitrogen functional groups attached to an aromatic ring is 1. The molecule has 5 nitrogen and oxygen atoms in total. The Kier molecular flexibility index (Phi) is 6.43. The van der Waals surface area contributed by atoms with Crippen LogP contribution in [0.5, 0.6) is 0 Å². The summed E-state index contributed by atoms with van der Waals surface area (Å²) in [5.41, 5.74) is 7.72. The third-order valence-electron chi connectivity index (χ3n) is 5.79. The molecule has 0 fully saturated rings. The van der Waals surface area contributed by atoms with E-state index in [4.69, 9.17) is 5.73 Å². The first-order chi connectivity index (χ1) is 16.5. The van der Waals surface area contributed by atoms with Crippen molar-refractivity contribution in [2.24, 2.45) is 0 Å². The van der Waals surface area contributed by atoms with Crippen molar-refractivity contribution in [3.05, 3.63) is 100 Å². The molecule has 0 aliphatic carbocycles. The van der Waals surface area contributed by atoms with Crippen molar-refractivity contribution >= 4 is 22.6 Å². The van der Waals surface area contributed by atoms with Crippen molar-refractivity contribution in [1.29, 1.82) is 0 Å². The Bertz CT molecular complexity index is 1420. The highest BCUT2D eigenvalue weighted by molar-refractivity contribution is 5.98. The highest BCUT2D eigenvalue weighted by Gasteiger charge is 2.31. The van der Waals surface area contributed by atoms with Gasteiger partial charge in [0, 0.05) is 23.7 Å². The molecule has 4 aromatic rings. The first-order valence-corrected chi connectivity index (χ1v) is 10.7. The van der Waals surface area contributed by atoms with Crippen LogP contribution in [0.15, 0.2) is 60.8 Å². The molecule has 0 bridgehead atoms. The number of hydrogen-bond donors (Lipinski definition) is 1. The molecule has 0 saturated carbocycles. The minimum Gasteiger partial charge on any atom is -0.383 e. The van der Waals surface area contributed by atoms with Crippen LogP contribution in [0.3, 0.4) is 0 Å². The zero-order valence-electron chi connectivity index (χ0n) is 19.0. The molecule has 1 amide bonds. The Balaban J connectivity index is 1.72. The van der Waals surface area contributed by atoms with Gasteiger partial charge in [-0.2, -0.15) is 13.2 Å². The number of carbonyl (C=O) groups is 1. The summed E-state index contributed by atoms with van der Waals surface area (Å²) in [4.78, 5) is 23.3. The summed E-state index contributed by atoms with van der Waals surface area (Å²) in [5, 5.41) is 0.706. The molecule has 0 aliphatic heterocycles. The van der Waals surface area contributed by atoms with Crippen LogP contribution in [0.4, 0.5) is 23.4 Å². The molecular formula is C26H22F4N4O. The van der Waals surface area contributed by atoms with E-state index in [2.05, 4.69) is 9.97 Å². The van der Waals surface area contributed by atoms with Crippen LogP contribution in [0.1, 0.15) is 38.3 Å². The number of anilines is 1. The number of hydrogen-bond acceptors (Lipinski definition) is 4. The molecule has 0 saturated heterocycles. The van der Waals surface area contributed by atoms with Crippen molar-refractivity contribution in [2.45, 2.75) is 33.1 Å². The Morgan fingerprint density at radius 1 is 1.00 bits per heavy atom. The fourth-order valence-corrected chi connectivity index (χ4v) is 3.78. The van der Waals surface area contributed by atoms with Gasteiger partial charge in [0.2, 0.25) is 0 Å². The highest BCUT2D eigenvalue weighted by Crippen LogP contribution is 2.31. The minimum absolute atomic E-state index is 0.0319. The fraction of sp³-hybridized carbons (Fsp3) is 0.192. The average Bonchev–Trinajstić information content (AvgIpc) is 2.80. The summed E-state index contributed by atoms with van der Waals surface area (Å²) in [6, 6.07) is 12.8. The van der Waals surface area contributed by atoms with Crippen molar-refractivity contribution in [2.75, 3.05) is 5.73 Å². The van der Waals surface area contributed by atoms with Crippen LogP contribution >= 0.6 is 0 Å². The lowest BCUT2D eigenvalue weighted by atomic mass is 10.0. The Morgan fingerprint density at radius 3 is 2.46 bits per heavy atom. The third kappa shape index (κ3) is 5.24. The Morgan fingerprint density at radius 2 is 1.77 bits per heavy atom. The summed E-state index contributed by atoms with van der Waals surface area (Å²) < 4.78 is 53.7. The highest BCUT2D eigenvalue weighted by atomic mass is 19.4. The second-order valence-corrected chi connectivity index (χ2v) is 8.33. The summed E-state index contributed by atoms with van der Waals surface area (Å²) >= 11 is 0. The van der Waals surface area contributed by atoms with E-state index in [1.165, 1.54) is 29.3 Å². The van der Waals surface area contributed by atoms with E-state index >= 15 is 0 Å². The van der Waals surface area contributed by atoms with Crippen LogP contribution in [0.2, 0.25) is 0 Å². The monoisotopic (exact) mass is 482 g/mol. The summed E-state index contributed by atoms with van der Waals surface area (Å²) in [6.07, 6.45) is -3.06. The standard InChI is InChI=1S/C26H22F4N4O/c1-15-11-20(26(28,29)30)7-5-18(15)13-34(14-23-21(27)4-3-9-32-23)25(35)17-6-8-22-19(12-17)10-16(2)24(31)33-22/h3-12H,13-14H2,1-2H3,(H2,31,33). The van der Waals surface area contributed by atoms with Gasteiger partial charge in [0.25, 0.3) is 5.91 Å².